The Morgan fingerprint density at radius 1 is 1.25 bits per heavy atom. The van der Waals surface area contributed by atoms with Crippen molar-refractivity contribution in [3.05, 3.63) is 40.4 Å². The van der Waals surface area contributed by atoms with E-state index < -0.39 is 43.0 Å². The number of methoxy groups -OCH3 is 1. The molecule has 1 aromatic rings. The molecule has 0 bridgehead atoms. The van der Waals surface area contributed by atoms with Crippen molar-refractivity contribution in [3.8, 4) is 0 Å². The van der Waals surface area contributed by atoms with Gasteiger partial charge in [0.05, 0.1) is 25.0 Å². The highest BCUT2D eigenvalue weighted by molar-refractivity contribution is 6.43. The summed E-state index contributed by atoms with van der Waals surface area (Å²) in [5.41, 5.74) is 3.23. The van der Waals surface area contributed by atoms with E-state index in [2.05, 4.69) is 13.8 Å². The number of aliphatic hydroxyl groups excluding tert-OH is 1. The predicted octanol–water partition coefficient (Wildman–Crippen LogP) is 3.71. The predicted molar refractivity (Wildman–Crippen MR) is 131 cm³/mol. The summed E-state index contributed by atoms with van der Waals surface area (Å²) >= 11 is 0. The first-order valence-corrected chi connectivity index (χ1v) is 12.7. The standard InChI is InChI=1S/C26H34BNO8/c1-4-6-16-12-19-23(25(31)28(24(19)30)26(32)34-3)20-13-27(33)36-21(22(16)20)10-7-15(5-2)11-17-8-9-18(14-29)35-17/h8-9,11,19-21,23,29,33H,4-7,10,12-14H2,1-3H3/b15-11+/t19-,20+,21-,23-/m1/s1. The second-order valence-electron chi connectivity index (χ2n) is 9.71. The van der Waals surface area contributed by atoms with Crippen LogP contribution >= 0.6 is 0 Å². The SMILES string of the molecule is CCCC1=C2[C@@H](CC/C(=C/c3ccc(CO)o3)CC)OB(O)C[C@@H]2[C@@H]2C(=O)N(C(=O)OC)C(=O)[C@@H]2C1. The molecule has 36 heavy (non-hydrogen) atoms. The van der Waals surface area contributed by atoms with Crippen molar-refractivity contribution in [1.29, 1.82) is 0 Å². The second kappa shape index (κ2) is 11.1. The number of allylic oxidation sites excluding steroid dienone is 2. The van der Waals surface area contributed by atoms with Gasteiger partial charge in [-0.3, -0.25) is 9.59 Å². The van der Waals surface area contributed by atoms with E-state index in [1.807, 2.05) is 12.1 Å². The second-order valence-corrected chi connectivity index (χ2v) is 9.71. The van der Waals surface area contributed by atoms with E-state index in [4.69, 9.17) is 13.8 Å². The van der Waals surface area contributed by atoms with E-state index in [9.17, 15) is 24.5 Å². The summed E-state index contributed by atoms with van der Waals surface area (Å²) in [6, 6.07) is 3.55. The normalized spacial score (nSPS) is 26.4. The third-order valence-corrected chi connectivity index (χ3v) is 7.58. The number of carbonyl (C=O) groups excluding carboxylic acids is 3. The van der Waals surface area contributed by atoms with E-state index >= 15 is 0 Å². The van der Waals surface area contributed by atoms with Crippen LogP contribution in [0.1, 0.15) is 63.9 Å². The van der Waals surface area contributed by atoms with Crippen LogP contribution in [0.15, 0.2) is 33.3 Å². The number of rotatable bonds is 8. The first-order chi connectivity index (χ1) is 17.3. The number of furan rings is 1. The summed E-state index contributed by atoms with van der Waals surface area (Å²) in [6.45, 7) is 3.96. The molecule has 4 rings (SSSR count). The summed E-state index contributed by atoms with van der Waals surface area (Å²) in [4.78, 5) is 39.1. The molecular weight excluding hydrogens is 465 g/mol. The Bertz CT molecular complexity index is 1080. The first-order valence-electron chi connectivity index (χ1n) is 12.7. The minimum Gasteiger partial charge on any atom is -0.459 e. The quantitative estimate of drug-likeness (QED) is 0.315. The van der Waals surface area contributed by atoms with Gasteiger partial charge in [-0.25, -0.2) is 4.79 Å². The van der Waals surface area contributed by atoms with Crippen molar-refractivity contribution >= 4 is 31.1 Å². The number of aliphatic hydroxyl groups is 1. The van der Waals surface area contributed by atoms with Crippen molar-refractivity contribution < 1.29 is 38.3 Å². The van der Waals surface area contributed by atoms with Gasteiger partial charge in [-0.15, -0.1) is 0 Å². The Morgan fingerprint density at radius 3 is 2.67 bits per heavy atom. The lowest BCUT2D eigenvalue weighted by Gasteiger charge is -2.43. The molecule has 0 radical (unpaired) electrons. The number of likely N-dealkylation sites (tertiary alicyclic amines) is 1. The molecule has 3 aliphatic rings. The van der Waals surface area contributed by atoms with Gasteiger partial charge in [-0.1, -0.05) is 31.4 Å². The molecule has 1 aromatic heterocycles. The van der Waals surface area contributed by atoms with Crippen LogP contribution in [0, 0.1) is 17.8 Å². The molecule has 194 valence electrons. The van der Waals surface area contributed by atoms with Gasteiger partial charge in [-0.05, 0) is 68.1 Å². The van der Waals surface area contributed by atoms with Gasteiger partial charge in [0.1, 0.15) is 18.1 Å². The van der Waals surface area contributed by atoms with Crippen molar-refractivity contribution in [2.45, 2.75) is 71.4 Å². The van der Waals surface area contributed by atoms with Crippen molar-refractivity contribution in [2.75, 3.05) is 7.11 Å². The molecular formula is C26H34BNO8. The Kier molecular flexibility index (Phi) is 8.17. The third kappa shape index (κ3) is 4.94. The van der Waals surface area contributed by atoms with E-state index in [0.29, 0.717) is 35.7 Å². The fourth-order valence-corrected chi connectivity index (χ4v) is 6.00. The number of imide groups is 3. The molecule has 3 heterocycles. The number of ether oxygens (including phenoxy) is 1. The molecule has 4 atom stereocenters. The van der Waals surface area contributed by atoms with Crippen molar-refractivity contribution in [1.82, 2.24) is 4.90 Å². The van der Waals surface area contributed by atoms with Gasteiger partial charge in [0.15, 0.2) is 0 Å². The first kappa shape index (κ1) is 26.4. The average molecular weight is 499 g/mol. The van der Waals surface area contributed by atoms with Crippen LogP contribution in [0.2, 0.25) is 6.32 Å². The van der Waals surface area contributed by atoms with E-state index in [1.165, 1.54) is 0 Å². The van der Waals surface area contributed by atoms with Crippen LogP contribution in [0.25, 0.3) is 6.08 Å². The molecule has 0 spiro atoms. The van der Waals surface area contributed by atoms with Crippen LogP contribution in [0.5, 0.6) is 0 Å². The molecule has 2 fully saturated rings. The average Bonchev–Trinajstić information content (AvgIpc) is 3.42. The maximum atomic E-state index is 13.2. The number of hydrogen-bond acceptors (Lipinski definition) is 8. The van der Waals surface area contributed by atoms with Gasteiger partial charge < -0.3 is 23.9 Å². The lowest BCUT2D eigenvalue weighted by molar-refractivity contribution is -0.137. The number of carbonyl (C=O) groups is 3. The minimum atomic E-state index is -1.06. The molecule has 9 nitrogen and oxygen atoms in total. The fourth-order valence-electron chi connectivity index (χ4n) is 6.00. The van der Waals surface area contributed by atoms with Crippen LogP contribution in [0.3, 0.4) is 0 Å². The van der Waals surface area contributed by atoms with Crippen LogP contribution < -0.4 is 0 Å². The summed E-state index contributed by atoms with van der Waals surface area (Å²) in [7, 11) is 0.0870. The topological polar surface area (TPSA) is 127 Å². The monoisotopic (exact) mass is 499 g/mol. The van der Waals surface area contributed by atoms with Gasteiger partial charge in [0.25, 0.3) is 0 Å². The Morgan fingerprint density at radius 2 is 2.03 bits per heavy atom. The van der Waals surface area contributed by atoms with E-state index in [-0.39, 0.29) is 18.8 Å². The largest absolute Gasteiger partial charge is 0.459 e. The van der Waals surface area contributed by atoms with Gasteiger partial charge >= 0.3 is 13.2 Å². The van der Waals surface area contributed by atoms with Crippen molar-refractivity contribution in [2.24, 2.45) is 17.8 Å². The summed E-state index contributed by atoms with van der Waals surface area (Å²) < 4.78 is 16.3. The van der Waals surface area contributed by atoms with Gasteiger partial charge in [0, 0.05) is 0 Å². The molecule has 2 saturated heterocycles. The summed E-state index contributed by atoms with van der Waals surface area (Å²) in [5.74, 6) is -1.58. The third-order valence-electron chi connectivity index (χ3n) is 7.58. The number of nitrogens with zero attached hydrogens (tertiary/aromatic N) is 1. The van der Waals surface area contributed by atoms with Crippen molar-refractivity contribution in [3.63, 3.8) is 0 Å². The van der Waals surface area contributed by atoms with E-state index in [0.717, 1.165) is 43.1 Å². The molecule has 3 amide bonds. The molecule has 2 N–H and O–H groups in total. The Labute approximate surface area is 211 Å². The zero-order chi connectivity index (χ0) is 26.0. The Hall–Kier alpha value is -2.69. The van der Waals surface area contributed by atoms with Crippen LogP contribution in [0.4, 0.5) is 4.79 Å². The lowest BCUT2D eigenvalue weighted by atomic mass is 9.58. The number of hydrogen-bond donors (Lipinski definition) is 2. The molecule has 1 aliphatic carbocycles. The van der Waals surface area contributed by atoms with Crippen LogP contribution in [-0.2, 0) is 25.6 Å². The highest BCUT2D eigenvalue weighted by Crippen LogP contribution is 2.51. The molecule has 0 aromatic carbocycles. The number of amides is 3. The van der Waals surface area contributed by atoms with Gasteiger partial charge in [-0.2, -0.15) is 4.90 Å². The number of fused-ring (bicyclic) bond motifs is 3. The molecule has 0 unspecified atom stereocenters. The molecule has 10 heteroatoms. The molecule has 2 aliphatic heterocycles. The smallest absolute Gasteiger partial charge is 0.455 e. The zero-order valence-electron chi connectivity index (χ0n) is 21.1. The highest BCUT2D eigenvalue weighted by Gasteiger charge is 2.59. The maximum Gasteiger partial charge on any atom is 0.455 e. The highest BCUT2D eigenvalue weighted by atomic mass is 16.5. The zero-order valence-corrected chi connectivity index (χ0v) is 21.1. The lowest BCUT2D eigenvalue weighted by Crippen LogP contribution is -2.46. The van der Waals surface area contributed by atoms with E-state index in [1.54, 1.807) is 6.07 Å². The fraction of sp³-hybridized carbons (Fsp3) is 0.577. The summed E-state index contributed by atoms with van der Waals surface area (Å²) in [6.07, 6.45) is 4.94. The summed E-state index contributed by atoms with van der Waals surface area (Å²) in [5, 5.41) is 19.9. The maximum absolute atomic E-state index is 13.2. The minimum absolute atomic E-state index is 0.157. The molecule has 0 saturated carbocycles. The Balaban J connectivity index is 1.61. The van der Waals surface area contributed by atoms with Gasteiger partial charge in [0.2, 0.25) is 11.8 Å². The van der Waals surface area contributed by atoms with Crippen LogP contribution in [-0.4, -0.2) is 53.3 Å².